The summed E-state index contributed by atoms with van der Waals surface area (Å²) >= 11 is 0. The smallest absolute Gasteiger partial charge is 0.271 e. The number of fused-ring (bicyclic) bond motifs is 1. The van der Waals surface area contributed by atoms with Crippen molar-refractivity contribution in [1.29, 1.82) is 0 Å². The topological polar surface area (TPSA) is 64.8 Å². The van der Waals surface area contributed by atoms with Gasteiger partial charge in [-0.15, -0.1) is 0 Å². The van der Waals surface area contributed by atoms with Crippen LogP contribution in [0.25, 0.3) is 10.9 Å². The van der Waals surface area contributed by atoms with Gasteiger partial charge in [-0.1, -0.05) is 42.5 Å². The molecule has 0 bridgehead atoms. The number of benzene rings is 3. The van der Waals surface area contributed by atoms with Crippen LogP contribution in [0.1, 0.15) is 15.9 Å². The van der Waals surface area contributed by atoms with Gasteiger partial charge in [0.1, 0.15) is 18.1 Å². The first-order valence-electron chi connectivity index (χ1n) is 9.98. The van der Waals surface area contributed by atoms with E-state index in [1.54, 1.807) is 25.5 Å². The highest BCUT2D eigenvalue weighted by molar-refractivity contribution is 6.00. The predicted molar refractivity (Wildman–Crippen MR) is 122 cm³/mol. The summed E-state index contributed by atoms with van der Waals surface area (Å²) in [5, 5.41) is 5.20. The Morgan fingerprint density at radius 1 is 1.00 bits per heavy atom. The Hall–Kier alpha value is -4.06. The number of methoxy groups -OCH3 is 1. The molecular weight excluding hydrogens is 390 g/mol. The van der Waals surface area contributed by atoms with E-state index in [0.29, 0.717) is 18.7 Å². The van der Waals surface area contributed by atoms with E-state index in [2.05, 4.69) is 21.2 Å². The molecule has 1 N–H and O–H groups in total. The maximum Gasteiger partial charge on any atom is 0.271 e. The van der Waals surface area contributed by atoms with Crippen molar-refractivity contribution in [3.63, 3.8) is 0 Å². The number of nitrogens with one attached hydrogen (secondary N) is 1. The molecule has 156 valence electrons. The summed E-state index contributed by atoms with van der Waals surface area (Å²) < 4.78 is 13.2. The van der Waals surface area contributed by atoms with E-state index in [9.17, 15) is 4.79 Å². The molecule has 0 atom stereocenters. The molecule has 0 aliphatic rings. The van der Waals surface area contributed by atoms with Crippen molar-refractivity contribution in [3.8, 4) is 11.5 Å². The molecule has 1 heterocycles. The van der Waals surface area contributed by atoms with E-state index >= 15 is 0 Å². The van der Waals surface area contributed by atoms with Crippen LogP contribution in [-0.4, -0.2) is 30.4 Å². The average molecular weight is 413 g/mol. The number of hydrazone groups is 1. The fourth-order valence-corrected chi connectivity index (χ4v) is 3.33. The van der Waals surface area contributed by atoms with Crippen LogP contribution in [0.4, 0.5) is 0 Å². The summed E-state index contributed by atoms with van der Waals surface area (Å²) in [6.45, 7) is 1.18. The number of nitrogens with zero attached hydrogens (tertiary/aromatic N) is 2. The lowest BCUT2D eigenvalue weighted by Crippen LogP contribution is -2.17. The second-order valence-corrected chi connectivity index (χ2v) is 6.89. The number of hydrogen-bond donors (Lipinski definition) is 1. The van der Waals surface area contributed by atoms with Crippen molar-refractivity contribution in [2.24, 2.45) is 5.10 Å². The number of rotatable bonds is 8. The van der Waals surface area contributed by atoms with Gasteiger partial charge in [0.2, 0.25) is 0 Å². The molecule has 0 radical (unpaired) electrons. The highest BCUT2D eigenvalue weighted by atomic mass is 16.5. The summed E-state index contributed by atoms with van der Waals surface area (Å²) in [6, 6.07) is 24.6. The van der Waals surface area contributed by atoms with E-state index in [4.69, 9.17) is 9.47 Å². The van der Waals surface area contributed by atoms with E-state index in [1.807, 2.05) is 66.9 Å². The Bertz CT molecular complexity index is 1200. The second kappa shape index (κ2) is 9.63. The van der Waals surface area contributed by atoms with Gasteiger partial charge in [0.05, 0.1) is 19.9 Å². The molecule has 4 aromatic rings. The van der Waals surface area contributed by atoms with Crippen LogP contribution >= 0.6 is 0 Å². The monoisotopic (exact) mass is 413 g/mol. The van der Waals surface area contributed by atoms with E-state index in [-0.39, 0.29) is 5.91 Å². The van der Waals surface area contributed by atoms with Crippen molar-refractivity contribution < 1.29 is 14.3 Å². The first-order valence-corrected chi connectivity index (χ1v) is 9.98. The van der Waals surface area contributed by atoms with Gasteiger partial charge in [0.25, 0.3) is 5.91 Å². The van der Waals surface area contributed by atoms with Crippen molar-refractivity contribution in [2.45, 2.75) is 6.54 Å². The van der Waals surface area contributed by atoms with Crippen molar-refractivity contribution in [1.82, 2.24) is 9.99 Å². The fraction of sp³-hybridized carbons (Fsp3) is 0.120. The number of carbonyl (C=O) groups excluding carboxylic acids is 1. The van der Waals surface area contributed by atoms with Crippen LogP contribution in [0.2, 0.25) is 0 Å². The third-order valence-electron chi connectivity index (χ3n) is 4.87. The number of aromatic nitrogens is 1. The molecule has 3 aromatic carbocycles. The van der Waals surface area contributed by atoms with Gasteiger partial charge in [-0.25, -0.2) is 5.43 Å². The number of carbonyl (C=O) groups is 1. The first kappa shape index (κ1) is 20.2. The van der Waals surface area contributed by atoms with Crippen molar-refractivity contribution in [3.05, 3.63) is 96.2 Å². The Morgan fingerprint density at radius 3 is 2.61 bits per heavy atom. The molecule has 1 amide bonds. The summed E-state index contributed by atoms with van der Waals surface area (Å²) in [5.74, 6) is 1.29. The molecule has 31 heavy (non-hydrogen) atoms. The summed E-state index contributed by atoms with van der Waals surface area (Å²) in [6.07, 6.45) is 3.68. The lowest BCUT2D eigenvalue weighted by atomic mass is 10.2. The molecule has 0 aliphatic heterocycles. The first-order chi connectivity index (χ1) is 15.2. The highest BCUT2D eigenvalue weighted by Crippen LogP contribution is 2.21. The summed E-state index contributed by atoms with van der Waals surface area (Å²) in [7, 11) is 1.64. The van der Waals surface area contributed by atoms with Gasteiger partial charge in [0, 0.05) is 34.3 Å². The van der Waals surface area contributed by atoms with E-state index < -0.39 is 0 Å². The standard InChI is InChI=1S/C25H23N3O3/c1-30-21-10-7-11-22(16-21)31-15-14-28-18-20(23-12-5-6-13-24(23)28)17-26-27-25(29)19-8-3-2-4-9-19/h2-13,16-18H,14-15H2,1H3,(H,27,29)/b26-17-. The van der Waals surface area contributed by atoms with Gasteiger partial charge in [-0.2, -0.15) is 5.10 Å². The van der Waals surface area contributed by atoms with Crippen LogP contribution in [0.5, 0.6) is 11.5 Å². The number of hydrogen-bond acceptors (Lipinski definition) is 4. The molecular formula is C25H23N3O3. The molecule has 6 nitrogen and oxygen atoms in total. The maximum absolute atomic E-state index is 12.2. The molecule has 0 saturated heterocycles. The highest BCUT2D eigenvalue weighted by Gasteiger charge is 2.08. The largest absolute Gasteiger partial charge is 0.497 e. The molecule has 4 rings (SSSR count). The van der Waals surface area contributed by atoms with Gasteiger partial charge < -0.3 is 14.0 Å². The zero-order valence-corrected chi connectivity index (χ0v) is 17.2. The van der Waals surface area contributed by atoms with Crippen LogP contribution in [0.15, 0.2) is 90.2 Å². The minimum atomic E-state index is -0.243. The van der Waals surface area contributed by atoms with Gasteiger partial charge in [0.15, 0.2) is 0 Å². The Labute approximate surface area is 180 Å². The normalized spacial score (nSPS) is 11.0. The molecule has 0 saturated carbocycles. The molecule has 6 heteroatoms. The van der Waals surface area contributed by atoms with Crippen molar-refractivity contribution in [2.75, 3.05) is 13.7 Å². The summed E-state index contributed by atoms with van der Waals surface area (Å²) in [4.78, 5) is 12.2. The van der Waals surface area contributed by atoms with Crippen LogP contribution in [-0.2, 0) is 6.54 Å². The lowest BCUT2D eigenvalue weighted by molar-refractivity contribution is 0.0955. The van der Waals surface area contributed by atoms with Crippen LogP contribution < -0.4 is 14.9 Å². The van der Waals surface area contributed by atoms with Crippen molar-refractivity contribution >= 4 is 23.0 Å². The average Bonchev–Trinajstić information content (AvgIpc) is 3.17. The fourth-order valence-electron chi connectivity index (χ4n) is 3.33. The third-order valence-corrected chi connectivity index (χ3v) is 4.87. The minimum absolute atomic E-state index is 0.243. The van der Waals surface area contributed by atoms with Crippen LogP contribution in [0, 0.1) is 0 Å². The Morgan fingerprint density at radius 2 is 1.77 bits per heavy atom. The Kier molecular flexibility index (Phi) is 6.28. The van der Waals surface area contributed by atoms with Crippen LogP contribution in [0.3, 0.4) is 0 Å². The number of amides is 1. The third kappa shape index (κ3) is 4.93. The van der Waals surface area contributed by atoms with Gasteiger partial charge in [-0.3, -0.25) is 4.79 Å². The zero-order chi connectivity index (χ0) is 21.5. The quantitative estimate of drug-likeness (QED) is 0.342. The molecule has 0 fully saturated rings. The van der Waals surface area contributed by atoms with E-state index in [0.717, 1.165) is 28.0 Å². The van der Waals surface area contributed by atoms with E-state index in [1.165, 1.54) is 0 Å². The maximum atomic E-state index is 12.2. The number of para-hydroxylation sites is 1. The second-order valence-electron chi connectivity index (χ2n) is 6.89. The van der Waals surface area contributed by atoms with Gasteiger partial charge in [-0.05, 0) is 30.3 Å². The molecule has 0 unspecified atom stereocenters. The SMILES string of the molecule is COc1cccc(OCCn2cc(/C=N\NC(=O)c3ccccc3)c3ccccc32)c1. The summed E-state index contributed by atoms with van der Waals surface area (Å²) in [5.41, 5.74) is 5.15. The minimum Gasteiger partial charge on any atom is -0.497 e. The van der Waals surface area contributed by atoms with Gasteiger partial charge >= 0.3 is 0 Å². The predicted octanol–water partition coefficient (Wildman–Crippen LogP) is 4.49. The zero-order valence-electron chi connectivity index (χ0n) is 17.2. The molecule has 0 spiro atoms. The number of ether oxygens (including phenoxy) is 2. The lowest BCUT2D eigenvalue weighted by Gasteiger charge is -2.09. The molecule has 1 aromatic heterocycles. The Balaban J connectivity index is 1.44. The molecule has 0 aliphatic carbocycles.